The van der Waals surface area contributed by atoms with Gasteiger partial charge in [0, 0.05) is 26.3 Å². The van der Waals surface area contributed by atoms with Crippen LogP contribution < -0.4 is 11.1 Å². The average Bonchev–Trinajstić information content (AvgIpc) is 2.77. The third-order valence-corrected chi connectivity index (χ3v) is 2.63. The zero-order chi connectivity index (χ0) is 11.8. The quantitative estimate of drug-likeness (QED) is 0.605. The van der Waals surface area contributed by atoms with Crippen molar-refractivity contribution in [3.8, 4) is 0 Å². The van der Waals surface area contributed by atoms with Crippen LogP contribution in [0.3, 0.4) is 0 Å². The highest BCUT2D eigenvalue weighted by molar-refractivity contribution is 5.80. The first-order valence-corrected chi connectivity index (χ1v) is 5.99. The molecule has 1 fully saturated rings. The van der Waals surface area contributed by atoms with Crippen LogP contribution in [0.15, 0.2) is 0 Å². The minimum absolute atomic E-state index is 0.0209. The predicted octanol–water partition coefficient (Wildman–Crippen LogP) is 0.0355. The highest BCUT2D eigenvalue weighted by Crippen LogP contribution is 2.18. The van der Waals surface area contributed by atoms with E-state index in [2.05, 4.69) is 5.32 Å². The van der Waals surface area contributed by atoms with E-state index in [0.717, 1.165) is 25.9 Å². The van der Waals surface area contributed by atoms with Crippen molar-refractivity contribution < 1.29 is 14.3 Å². The van der Waals surface area contributed by atoms with Gasteiger partial charge >= 0.3 is 0 Å². The largest absolute Gasteiger partial charge is 0.382 e. The third kappa shape index (κ3) is 4.47. The molecule has 0 aliphatic carbocycles. The van der Waals surface area contributed by atoms with E-state index >= 15 is 0 Å². The third-order valence-electron chi connectivity index (χ3n) is 2.63. The Balaban J connectivity index is 2.06. The Labute approximate surface area is 96.7 Å². The van der Waals surface area contributed by atoms with E-state index in [1.807, 2.05) is 6.92 Å². The zero-order valence-electron chi connectivity index (χ0n) is 9.91. The van der Waals surface area contributed by atoms with Crippen molar-refractivity contribution in [3.63, 3.8) is 0 Å². The Morgan fingerprint density at radius 1 is 1.56 bits per heavy atom. The van der Waals surface area contributed by atoms with Crippen molar-refractivity contribution in [2.45, 2.75) is 38.4 Å². The summed E-state index contributed by atoms with van der Waals surface area (Å²) in [5.74, 6) is -0.0209. The van der Waals surface area contributed by atoms with Crippen LogP contribution in [0.25, 0.3) is 0 Å². The number of rotatable bonds is 7. The number of nitrogens with two attached hydrogens (primary N) is 1. The van der Waals surface area contributed by atoms with E-state index in [4.69, 9.17) is 15.2 Å². The summed E-state index contributed by atoms with van der Waals surface area (Å²) in [7, 11) is 0. The number of hydrogen-bond acceptors (Lipinski definition) is 4. The molecule has 1 heterocycles. The Bertz CT molecular complexity index is 211. The fourth-order valence-electron chi connectivity index (χ4n) is 1.72. The van der Waals surface area contributed by atoms with Crippen molar-refractivity contribution in [1.82, 2.24) is 5.32 Å². The summed E-state index contributed by atoms with van der Waals surface area (Å²) in [5, 5.41) is 2.84. The molecule has 0 radical (unpaired) electrons. The smallest absolute Gasteiger partial charge is 0.249 e. The Morgan fingerprint density at radius 3 is 3.00 bits per heavy atom. The summed E-state index contributed by atoms with van der Waals surface area (Å²) in [5.41, 5.74) is 5.48. The predicted molar refractivity (Wildman–Crippen MR) is 61.1 cm³/mol. The van der Waals surface area contributed by atoms with Crippen molar-refractivity contribution >= 4 is 5.91 Å². The van der Waals surface area contributed by atoms with Crippen LogP contribution in [-0.2, 0) is 14.3 Å². The lowest BCUT2D eigenvalue weighted by atomic mass is 10.2. The van der Waals surface area contributed by atoms with Gasteiger partial charge in [0.15, 0.2) is 0 Å². The van der Waals surface area contributed by atoms with Crippen molar-refractivity contribution in [2.75, 3.05) is 26.3 Å². The molecule has 0 aromatic heterocycles. The molecule has 2 unspecified atom stereocenters. The summed E-state index contributed by atoms with van der Waals surface area (Å²) in [6, 6.07) is 0. The maximum absolute atomic E-state index is 11.6. The van der Waals surface area contributed by atoms with Crippen molar-refractivity contribution in [2.24, 2.45) is 5.73 Å². The first-order chi connectivity index (χ1) is 7.77. The standard InChI is InChI=1S/C11H22N2O3/c1-2-15-7-3-6-13-11(14)10-5-4-9(8-12)16-10/h9-10H,2-8,12H2,1H3,(H,13,14). The van der Waals surface area contributed by atoms with Crippen molar-refractivity contribution in [3.05, 3.63) is 0 Å². The fourth-order valence-corrected chi connectivity index (χ4v) is 1.72. The van der Waals surface area contributed by atoms with Gasteiger partial charge in [0.05, 0.1) is 6.10 Å². The molecule has 2 atom stereocenters. The van der Waals surface area contributed by atoms with Crippen LogP contribution in [0, 0.1) is 0 Å². The molecule has 0 saturated carbocycles. The highest BCUT2D eigenvalue weighted by atomic mass is 16.5. The summed E-state index contributed by atoms with van der Waals surface area (Å²) >= 11 is 0. The number of carbonyl (C=O) groups is 1. The van der Waals surface area contributed by atoms with Gasteiger partial charge in [-0.2, -0.15) is 0 Å². The van der Waals surface area contributed by atoms with Crippen LogP contribution in [0.1, 0.15) is 26.2 Å². The summed E-state index contributed by atoms with van der Waals surface area (Å²) in [6.07, 6.45) is 2.25. The second kappa shape index (κ2) is 7.60. The van der Waals surface area contributed by atoms with E-state index in [-0.39, 0.29) is 18.1 Å². The molecule has 0 aromatic carbocycles. The average molecular weight is 230 g/mol. The fraction of sp³-hybridized carbons (Fsp3) is 0.909. The molecular formula is C11H22N2O3. The number of ether oxygens (including phenoxy) is 2. The second-order valence-electron chi connectivity index (χ2n) is 3.90. The second-order valence-corrected chi connectivity index (χ2v) is 3.90. The molecule has 16 heavy (non-hydrogen) atoms. The minimum atomic E-state index is -0.305. The van der Waals surface area contributed by atoms with Crippen LogP contribution in [0.4, 0.5) is 0 Å². The van der Waals surface area contributed by atoms with E-state index in [1.54, 1.807) is 0 Å². The van der Waals surface area contributed by atoms with Gasteiger partial charge < -0.3 is 20.5 Å². The molecule has 0 aromatic rings. The van der Waals surface area contributed by atoms with Gasteiger partial charge in [0.2, 0.25) is 5.91 Å². The monoisotopic (exact) mass is 230 g/mol. The zero-order valence-corrected chi connectivity index (χ0v) is 9.91. The molecule has 0 bridgehead atoms. The molecule has 0 spiro atoms. The van der Waals surface area contributed by atoms with Crippen LogP contribution in [0.2, 0.25) is 0 Å². The number of amides is 1. The number of carbonyl (C=O) groups excluding carboxylic acids is 1. The lowest BCUT2D eigenvalue weighted by Crippen LogP contribution is -2.36. The van der Waals surface area contributed by atoms with Gasteiger partial charge in [-0.25, -0.2) is 0 Å². The molecule has 3 N–H and O–H groups in total. The van der Waals surface area contributed by atoms with Gasteiger partial charge in [-0.15, -0.1) is 0 Å². The van der Waals surface area contributed by atoms with E-state index in [9.17, 15) is 4.79 Å². The molecule has 5 nitrogen and oxygen atoms in total. The molecule has 5 heteroatoms. The summed E-state index contributed by atoms with van der Waals surface area (Å²) in [6.45, 7) is 4.50. The first-order valence-electron chi connectivity index (χ1n) is 5.99. The van der Waals surface area contributed by atoms with Crippen LogP contribution in [0.5, 0.6) is 0 Å². The molecule has 94 valence electrons. The molecule has 1 rings (SSSR count). The Morgan fingerprint density at radius 2 is 2.38 bits per heavy atom. The highest BCUT2D eigenvalue weighted by Gasteiger charge is 2.29. The number of nitrogens with one attached hydrogen (secondary N) is 1. The SMILES string of the molecule is CCOCCCNC(=O)C1CCC(CN)O1. The maximum Gasteiger partial charge on any atom is 0.249 e. The van der Waals surface area contributed by atoms with Crippen LogP contribution in [-0.4, -0.2) is 44.4 Å². The first kappa shape index (κ1) is 13.4. The minimum Gasteiger partial charge on any atom is -0.382 e. The molecule has 1 aliphatic heterocycles. The van der Waals surface area contributed by atoms with E-state index in [0.29, 0.717) is 19.7 Å². The van der Waals surface area contributed by atoms with Gasteiger partial charge in [-0.05, 0) is 26.2 Å². The van der Waals surface area contributed by atoms with Crippen LogP contribution >= 0.6 is 0 Å². The topological polar surface area (TPSA) is 73.6 Å². The van der Waals surface area contributed by atoms with Crippen molar-refractivity contribution in [1.29, 1.82) is 0 Å². The Hall–Kier alpha value is -0.650. The molecule has 1 amide bonds. The normalized spacial score (nSPS) is 24.6. The number of hydrogen-bond donors (Lipinski definition) is 2. The summed E-state index contributed by atoms with van der Waals surface area (Å²) in [4.78, 5) is 11.6. The molecular weight excluding hydrogens is 208 g/mol. The molecule has 1 saturated heterocycles. The van der Waals surface area contributed by atoms with Gasteiger partial charge in [-0.1, -0.05) is 0 Å². The van der Waals surface area contributed by atoms with Gasteiger partial charge in [-0.3, -0.25) is 4.79 Å². The van der Waals surface area contributed by atoms with E-state index < -0.39 is 0 Å². The lowest BCUT2D eigenvalue weighted by molar-refractivity contribution is -0.131. The molecule has 1 aliphatic rings. The van der Waals surface area contributed by atoms with E-state index in [1.165, 1.54) is 0 Å². The Kier molecular flexibility index (Phi) is 6.37. The lowest BCUT2D eigenvalue weighted by Gasteiger charge is -2.12. The maximum atomic E-state index is 11.6. The van der Waals surface area contributed by atoms with Gasteiger partial charge in [0.1, 0.15) is 6.10 Å². The summed E-state index contributed by atoms with van der Waals surface area (Å²) < 4.78 is 10.7. The van der Waals surface area contributed by atoms with Gasteiger partial charge in [0.25, 0.3) is 0 Å².